The Bertz CT molecular complexity index is 529. The summed E-state index contributed by atoms with van der Waals surface area (Å²) in [5.41, 5.74) is -1.47. The highest BCUT2D eigenvalue weighted by molar-refractivity contribution is 5.83. The quantitative estimate of drug-likeness (QED) is 0.906. The van der Waals surface area contributed by atoms with Gasteiger partial charge in [0.1, 0.15) is 18.7 Å². The van der Waals surface area contributed by atoms with Gasteiger partial charge in [-0.3, -0.25) is 4.90 Å². The fraction of sp³-hybridized carbons (Fsp3) is 0.429. The van der Waals surface area contributed by atoms with E-state index in [9.17, 15) is 22.8 Å². The van der Waals surface area contributed by atoms with Gasteiger partial charge in [-0.05, 0) is 19.4 Å². The summed E-state index contributed by atoms with van der Waals surface area (Å²) in [6.45, 7) is 0.0549. The van der Waals surface area contributed by atoms with Crippen LogP contribution in [0.15, 0.2) is 30.3 Å². The van der Waals surface area contributed by atoms with Crippen molar-refractivity contribution in [2.24, 2.45) is 0 Å². The summed E-state index contributed by atoms with van der Waals surface area (Å²) in [7, 11) is 0. The number of ether oxygens (including phenoxy) is 1. The molecule has 0 saturated carbocycles. The molecule has 0 unspecified atom stereocenters. The normalized spacial score (nSPS) is 11.9. The highest BCUT2D eigenvalue weighted by Crippen LogP contribution is 2.24. The Hall–Kier alpha value is -2.25. The topological polar surface area (TPSA) is 66.8 Å². The lowest BCUT2D eigenvalue weighted by Crippen LogP contribution is -2.56. The Morgan fingerprint density at radius 1 is 1.18 bits per heavy atom. The van der Waals surface area contributed by atoms with Gasteiger partial charge in [0.25, 0.3) is 0 Å². The van der Waals surface area contributed by atoms with Crippen molar-refractivity contribution >= 4 is 12.1 Å². The predicted molar refractivity (Wildman–Crippen MR) is 71.1 cm³/mol. The van der Waals surface area contributed by atoms with Crippen LogP contribution in [0.5, 0.6) is 0 Å². The van der Waals surface area contributed by atoms with Crippen LogP contribution in [-0.4, -0.2) is 40.3 Å². The van der Waals surface area contributed by atoms with Gasteiger partial charge in [-0.2, -0.15) is 13.2 Å². The molecule has 0 aliphatic heterocycles. The molecule has 0 radical (unpaired) electrons. The molecule has 22 heavy (non-hydrogen) atoms. The molecular weight excluding hydrogens is 303 g/mol. The number of carbonyl (C=O) groups is 2. The van der Waals surface area contributed by atoms with Crippen LogP contribution in [0.2, 0.25) is 0 Å². The molecule has 0 atom stereocenters. The lowest BCUT2D eigenvalue weighted by atomic mass is 10.0. The van der Waals surface area contributed by atoms with E-state index in [1.54, 1.807) is 30.3 Å². The zero-order chi connectivity index (χ0) is 17.0. The Kier molecular flexibility index (Phi) is 5.40. The molecule has 0 fully saturated rings. The molecule has 1 aromatic rings. The van der Waals surface area contributed by atoms with Gasteiger partial charge < -0.3 is 9.84 Å². The van der Waals surface area contributed by atoms with Gasteiger partial charge in [0.2, 0.25) is 0 Å². The van der Waals surface area contributed by atoms with Crippen molar-refractivity contribution in [1.82, 2.24) is 4.90 Å². The minimum atomic E-state index is -4.74. The molecule has 0 spiro atoms. The van der Waals surface area contributed by atoms with Crippen LogP contribution in [-0.2, 0) is 16.1 Å². The van der Waals surface area contributed by atoms with Gasteiger partial charge in [-0.1, -0.05) is 30.3 Å². The molecule has 5 nitrogen and oxygen atoms in total. The fourth-order valence-electron chi connectivity index (χ4n) is 1.58. The van der Waals surface area contributed by atoms with Crippen molar-refractivity contribution in [1.29, 1.82) is 0 Å². The first kappa shape index (κ1) is 17.8. The molecule has 1 aromatic carbocycles. The Morgan fingerprint density at radius 3 is 2.18 bits per heavy atom. The Labute approximate surface area is 125 Å². The lowest BCUT2D eigenvalue weighted by Gasteiger charge is -2.34. The number of halogens is 3. The number of carbonyl (C=O) groups excluding carboxylic acids is 1. The standard InChI is InChI=1S/C14H16F3NO4/c1-13(2,11(19)20)18(9-14(15,16)17)12(21)22-8-10-6-4-3-5-7-10/h3-7H,8-9H2,1-2H3,(H,19,20). The summed E-state index contributed by atoms with van der Waals surface area (Å²) in [6.07, 6.45) is -6.08. The second-order valence-electron chi connectivity index (χ2n) is 5.11. The number of hydrogen-bond acceptors (Lipinski definition) is 3. The minimum Gasteiger partial charge on any atom is -0.480 e. The van der Waals surface area contributed by atoms with Gasteiger partial charge in [-0.25, -0.2) is 9.59 Å². The third-order valence-corrected chi connectivity index (χ3v) is 2.96. The first-order chi connectivity index (χ1) is 10.0. The molecule has 0 bridgehead atoms. The number of carboxylic acids is 1. The molecular formula is C14H16F3NO4. The van der Waals surface area contributed by atoms with Gasteiger partial charge in [-0.15, -0.1) is 0 Å². The van der Waals surface area contributed by atoms with E-state index in [4.69, 9.17) is 9.84 Å². The number of amides is 1. The number of benzene rings is 1. The van der Waals surface area contributed by atoms with Crippen molar-refractivity contribution < 1.29 is 32.6 Å². The molecule has 0 aliphatic rings. The second-order valence-corrected chi connectivity index (χ2v) is 5.11. The summed E-state index contributed by atoms with van der Waals surface area (Å²) < 4.78 is 42.5. The Balaban J connectivity index is 2.86. The molecule has 0 saturated heterocycles. The molecule has 8 heteroatoms. The van der Waals surface area contributed by atoms with Crippen LogP contribution in [0.3, 0.4) is 0 Å². The summed E-state index contributed by atoms with van der Waals surface area (Å²) in [6, 6.07) is 8.35. The third kappa shape index (κ3) is 4.94. The highest BCUT2D eigenvalue weighted by atomic mass is 19.4. The van der Waals surface area contributed by atoms with Gasteiger partial charge in [0, 0.05) is 0 Å². The maximum Gasteiger partial charge on any atom is 0.411 e. The van der Waals surface area contributed by atoms with E-state index in [1.807, 2.05) is 0 Å². The fourth-order valence-corrected chi connectivity index (χ4v) is 1.58. The van der Waals surface area contributed by atoms with E-state index < -0.39 is 30.3 Å². The average Bonchev–Trinajstić information content (AvgIpc) is 2.42. The number of carboxylic acid groups (broad SMARTS) is 1. The van der Waals surface area contributed by atoms with Gasteiger partial charge in [0.15, 0.2) is 0 Å². The molecule has 1 amide bonds. The van der Waals surface area contributed by atoms with Crippen LogP contribution in [0, 0.1) is 0 Å². The zero-order valence-corrected chi connectivity index (χ0v) is 12.1. The molecule has 1 N–H and O–H groups in total. The smallest absolute Gasteiger partial charge is 0.411 e. The zero-order valence-electron chi connectivity index (χ0n) is 12.1. The largest absolute Gasteiger partial charge is 0.480 e. The summed E-state index contributed by atoms with van der Waals surface area (Å²) in [4.78, 5) is 23.1. The molecule has 0 heterocycles. The SMILES string of the molecule is CC(C)(C(=O)O)N(CC(F)(F)F)C(=O)OCc1ccccc1. The first-order valence-corrected chi connectivity index (χ1v) is 6.32. The van der Waals surface area contributed by atoms with Gasteiger partial charge >= 0.3 is 18.2 Å². The van der Waals surface area contributed by atoms with E-state index in [-0.39, 0.29) is 11.5 Å². The summed E-state index contributed by atoms with van der Waals surface area (Å²) in [5, 5.41) is 9.03. The van der Waals surface area contributed by atoms with Crippen molar-refractivity contribution in [2.75, 3.05) is 6.54 Å². The van der Waals surface area contributed by atoms with Gasteiger partial charge in [0.05, 0.1) is 0 Å². The monoisotopic (exact) mass is 319 g/mol. The lowest BCUT2D eigenvalue weighted by molar-refractivity contribution is -0.166. The number of hydrogen-bond donors (Lipinski definition) is 1. The predicted octanol–water partition coefficient (Wildman–Crippen LogP) is 3.05. The van der Waals surface area contributed by atoms with Crippen LogP contribution in [0.25, 0.3) is 0 Å². The van der Waals surface area contributed by atoms with Crippen LogP contribution in [0.4, 0.5) is 18.0 Å². The number of alkyl halides is 3. The maximum absolute atomic E-state index is 12.6. The van der Waals surface area contributed by atoms with Crippen LogP contribution < -0.4 is 0 Å². The average molecular weight is 319 g/mol. The van der Waals surface area contributed by atoms with Crippen LogP contribution in [0.1, 0.15) is 19.4 Å². The molecule has 1 rings (SSSR count). The van der Waals surface area contributed by atoms with E-state index in [1.165, 1.54) is 0 Å². The summed E-state index contributed by atoms with van der Waals surface area (Å²) >= 11 is 0. The molecule has 122 valence electrons. The van der Waals surface area contributed by atoms with E-state index in [0.29, 0.717) is 5.56 Å². The minimum absolute atomic E-state index is 0.151. The number of rotatable bonds is 5. The maximum atomic E-state index is 12.6. The molecule has 0 aliphatic carbocycles. The van der Waals surface area contributed by atoms with Crippen molar-refractivity contribution in [2.45, 2.75) is 32.2 Å². The van der Waals surface area contributed by atoms with E-state index in [0.717, 1.165) is 13.8 Å². The first-order valence-electron chi connectivity index (χ1n) is 6.32. The van der Waals surface area contributed by atoms with Crippen molar-refractivity contribution in [3.63, 3.8) is 0 Å². The molecule has 0 aromatic heterocycles. The van der Waals surface area contributed by atoms with E-state index in [2.05, 4.69) is 0 Å². The van der Waals surface area contributed by atoms with Crippen LogP contribution >= 0.6 is 0 Å². The third-order valence-electron chi connectivity index (χ3n) is 2.96. The van der Waals surface area contributed by atoms with Crippen molar-refractivity contribution in [3.05, 3.63) is 35.9 Å². The number of aliphatic carboxylic acids is 1. The second kappa shape index (κ2) is 6.67. The highest BCUT2D eigenvalue weighted by Gasteiger charge is 2.45. The Morgan fingerprint density at radius 2 is 1.73 bits per heavy atom. The van der Waals surface area contributed by atoms with E-state index >= 15 is 0 Å². The number of nitrogens with zero attached hydrogens (tertiary/aromatic N) is 1. The summed E-state index contributed by atoms with van der Waals surface area (Å²) in [5.74, 6) is -1.56. The van der Waals surface area contributed by atoms with Crippen molar-refractivity contribution in [3.8, 4) is 0 Å².